The number of hydrogen-bond acceptors (Lipinski definition) is 10. The summed E-state index contributed by atoms with van der Waals surface area (Å²) in [5.41, 5.74) is 3.78. The lowest BCUT2D eigenvalue weighted by molar-refractivity contribution is -0.120. The molecule has 2 aromatic carbocycles. The van der Waals surface area contributed by atoms with Crippen molar-refractivity contribution in [3.05, 3.63) is 70.8 Å². The highest BCUT2D eigenvalue weighted by Crippen LogP contribution is 2.43. The first kappa shape index (κ1) is 42.2. The number of carbonyl (C=O) groups excluding carboxylic acids is 3. The minimum absolute atomic E-state index is 0.0320. The fourth-order valence-electron chi connectivity index (χ4n) is 8.34. The van der Waals surface area contributed by atoms with Crippen LogP contribution in [0.4, 0.5) is 0 Å². The number of benzene rings is 2. The van der Waals surface area contributed by atoms with Gasteiger partial charge in [-0.25, -0.2) is 0 Å². The van der Waals surface area contributed by atoms with Crippen molar-refractivity contribution >= 4 is 35.1 Å². The molecule has 4 heterocycles. The summed E-state index contributed by atoms with van der Waals surface area (Å²) < 4.78 is 73.4. The van der Waals surface area contributed by atoms with E-state index in [1.807, 2.05) is 11.0 Å². The number of nitrogens with one attached hydrogen (secondary N) is 2. The largest absolute Gasteiger partial charge is 0.493 e. The van der Waals surface area contributed by atoms with Crippen LogP contribution in [0.25, 0.3) is 0 Å². The van der Waals surface area contributed by atoms with E-state index < -0.39 is 34.6 Å². The molecule has 0 aromatic heterocycles. The van der Waals surface area contributed by atoms with E-state index in [4.69, 9.17) is 18.9 Å². The number of amides is 3. The van der Waals surface area contributed by atoms with Gasteiger partial charge in [-0.3, -0.25) is 24.0 Å². The molecule has 57 heavy (non-hydrogen) atoms. The van der Waals surface area contributed by atoms with Gasteiger partial charge in [0, 0.05) is 62.1 Å². The molecular weight excluding hydrogens is 775 g/mol. The van der Waals surface area contributed by atoms with Gasteiger partial charge in [-0.1, -0.05) is 38.2 Å². The molecule has 3 N–H and O–H groups in total. The minimum Gasteiger partial charge on any atom is -0.493 e. The maximum absolute atomic E-state index is 14.5. The average molecular weight is 829 g/mol. The molecule has 0 spiro atoms. The Morgan fingerprint density at radius 3 is 1.84 bits per heavy atom. The number of hydrogen-bond donors (Lipinski definition) is 3. The predicted octanol–water partition coefficient (Wildman–Crippen LogP) is 4.10. The molecule has 310 valence electrons. The van der Waals surface area contributed by atoms with E-state index in [1.165, 1.54) is 25.2 Å². The van der Waals surface area contributed by atoms with Crippen LogP contribution in [0, 0.1) is 5.92 Å². The van der Waals surface area contributed by atoms with Crippen molar-refractivity contribution in [1.82, 2.24) is 20.2 Å². The van der Waals surface area contributed by atoms with Crippen LogP contribution in [0.5, 0.6) is 23.0 Å². The van der Waals surface area contributed by atoms with Crippen molar-refractivity contribution in [1.29, 1.82) is 0 Å². The second kappa shape index (κ2) is 17.2. The van der Waals surface area contributed by atoms with Crippen LogP contribution in [0.3, 0.4) is 0 Å². The third-order valence-electron chi connectivity index (χ3n) is 11.4. The van der Waals surface area contributed by atoms with E-state index in [0.29, 0.717) is 47.6 Å². The summed E-state index contributed by atoms with van der Waals surface area (Å²) in [4.78, 5) is 42.5. The highest BCUT2D eigenvalue weighted by Gasteiger charge is 2.46. The van der Waals surface area contributed by atoms with Gasteiger partial charge in [-0.15, -0.1) is 0 Å². The second-order valence-electron chi connectivity index (χ2n) is 15.3. The van der Waals surface area contributed by atoms with Crippen molar-refractivity contribution < 1.29 is 50.9 Å². The third kappa shape index (κ3) is 9.19. The van der Waals surface area contributed by atoms with E-state index in [9.17, 15) is 31.9 Å². The zero-order chi connectivity index (χ0) is 41.2. The SMILES string of the molecule is C=C1C[C@H]2C(C)Cc3cc(OCCP(=O)(CCOc4cc5c(cc4OC)C(=O)N4CC(=C)C[C@H]4C(S(=O)(=O)O)C5)NCCNC(=O)CC)c(OC)cc3C(=O)N2C1. The Labute approximate surface area is 334 Å². The quantitative estimate of drug-likeness (QED) is 0.0953. The summed E-state index contributed by atoms with van der Waals surface area (Å²) in [5.74, 6) is 0.862. The van der Waals surface area contributed by atoms with Crippen LogP contribution in [-0.2, 0) is 32.3 Å². The molecule has 15 nitrogen and oxygen atoms in total. The minimum atomic E-state index is -4.54. The van der Waals surface area contributed by atoms with Gasteiger partial charge in [-0.2, -0.15) is 8.42 Å². The standard InChI is InChI=1S/C40H53N4O11PS/c1-7-38(45)41-8-9-42-56(48,12-10-54-35-17-27-16-26(4)31-14-24(2)22-43(31)39(46)29(27)20-33(35)52-5)13-11-55-36-18-28-19-37(57(49,50)51)32-15-25(3)23-44(32)40(47)30(28)21-34(36)53-6/h17-18,20-21,26,31-32,37H,2-3,7-16,19,22-23H2,1,4-6H3,(H,41,45)(H,42,48)(H,49,50,51)/t26?,31-,32-,37?,56?/m0/s1. The van der Waals surface area contributed by atoms with Gasteiger partial charge in [0.1, 0.15) is 5.25 Å². The molecule has 4 aliphatic heterocycles. The summed E-state index contributed by atoms with van der Waals surface area (Å²) in [6.45, 7) is 13.1. The van der Waals surface area contributed by atoms with Gasteiger partial charge in [0.05, 0.1) is 33.5 Å². The molecule has 0 aliphatic carbocycles. The number of nitrogens with zero attached hydrogens (tertiary/aromatic N) is 2. The van der Waals surface area contributed by atoms with E-state index in [1.54, 1.807) is 19.1 Å². The van der Waals surface area contributed by atoms with Gasteiger partial charge in [0.2, 0.25) is 5.91 Å². The topological polar surface area (TPSA) is 190 Å². The Morgan fingerprint density at radius 2 is 1.33 bits per heavy atom. The van der Waals surface area contributed by atoms with Gasteiger partial charge < -0.3 is 38.6 Å². The van der Waals surface area contributed by atoms with Crippen molar-refractivity contribution in [3.63, 3.8) is 0 Å². The number of ether oxygens (including phenoxy) is 4. The fourth-order valence-corrected chi connectivity index (χ4v) is 11.2. The zero-order valence-corrected chi connectivity index (χ0v) is 34.7. The molecule has 0 bridgehead atoms. The van der Waals surface area contributed by atoms with Gasteiger partial charge in [-0.05, 0) is 67.0 Å². The Bertz CT molecular complexity index is 2110. The van der Waals surface area contributed by atoms with E-state index in [0.717, 1.165) is 17.6 Å². The molecule has 6 rings (SSSR count). The maximum Gasteiger partial charge on any atom is 0.270 e. The Kier molecular flexibility index (Phi) is 12.8. The summed E-state index contributed by atoms with van der Waals surface area (Å²) in [7, 11) is -4.88. The third-order valence-corrected chi connectivity index (χ3v) is 15.2. The summed E-state index contributed by atoms with van der Waals surface area (Å²) in [6, 6.07) is 5.91. The van der Waals surface area contributed by atoms with Gasteiger partial charge in [0.25, 0.3) is 21.9 Å². The van der Waals surface area contributed by atoms with E-state index in [2.05, 4.69) is 30.5 Å². The van der Waals surface area contributed by atoms with Crippen molar-refractivity contribution in [2.75, 3.05) is 65.9 Å². The van der Waals surface area contributed by atoms with Crippen molar-refractivity contribution in [3.8, 4) is 23.0 Å². The van der Waals surface area contributed by atoms with Crippen molar-refractivity contribution in [2.24, 2.45) is 5.92 Å². The van der Waals surface area contributed by atoms with Gasteiger partial charge in [0.15, 0.2) is 30.3 Å². The summed E-state index contributed by atoms with van der Waals surface area (Å²) in [6.07, 6.45) is 2.00. The molecule has 5 atom stereocenters. The lowest BCUT2D eigenvalue weighted by Gasteiger charge is -2.26. The highest BCUT2D eigenvalue weighted by molar-refractivity contribution is 7.86. The van der Waals surface area contributed by atoms with Crippen LogP contribution in [0.15, 0.2) is 48.6 Å². The zero-order valence-electron chi connectivity index (χ0n) is 33.0. The number of rotatable bonds is 16. The highest BCUT2D eigenvalue weighted by atomic mass is 32.2. The Hall–Kier alpha value is -4.37. The predicted molar refractivity (Wildman–Crippen MR) is 215 cm³/mol. The smallest absolute Gasteiger partial charge is 0.270 e. The summed E-state index contributed by atoms with van der Waals surface area (Å²) in [5, 5.41) is 4.64. The first-order valence-corrected chi connectivity index (χ1v) is 22.8. The Balaban J connectivity index is 1.18. The second-order valence-corrected chi connectivity index (χ2v) is 19.9. The lowest BCUT2D eigenvalue weighted by atomic mass is 9.91. The van der Waals surface area contributed by atoms with Crippen LogP contribution in [-0.4, -0.2) is 124 Å². The molecule has 2 saturated heterocycles. The molecule has 0 radical (unpaired) electrons. The van der Waals surface area contributed by atoms with E-state index >= 15 is 0 Å². The van der Waals surface area contributed by atoms with Crippen LogP contribution in [0.2, 0.25) is 0 Å². The van der Waals surface area contributed by atoms with Crippen LogP contribution >= 0.6 is 7.29 Å². The molecule has 4 aliphatic rings. The summed E-state index contributed by atoms with van der Waals surface area (Å²) >= 11 is 0. The number of fused-ring (bicyclic) bond motifs is 4. The Morgan fingerprint density at radius 1 is 0.825 bits per heavy atom. The fraction of sp³-hybridized carbons (Fsp3) is 0.525. The van der Waals surface area contributed by atoms with E-state index in [-0.39, 0.29) is 98.9 Å². The molecule has 2 fully saturated rings. The van der Waals surface area contributed by atoms with Gasteiger partial charge >= 0.3 is 0 Å². The number of carbonyl (C=O) groups is 3. The molecule has 0 saturated carbocycles. The first-order valence-electron chi connectivity index (χ1n) is 19.2. The van der Waals surface area contributed by atoms with Crippen LogP contribution in [0.1, 0.15) is 65.0 Å². The van der Waals surface area contributed by atoms with Crippen LogP contribution < -0.4 is 29.4 Å². The molecule has 17 heteroatoms. The monoisotopic (exact) mass is 828 g/mol. The molecule has 2 aromatic rings. The molecule has 3 unspecified atom stereocenters. The lowest BCUT2D eigenvalue weighted by Crippen LogP contribution is -2.44. The normalized spacial score (nSPS) is 22.8. The molecular formula is C40H53N4O11PS. The maximum atomic E-state index is 14.5. The molecule has 3 amide bonds. The number of methoxy groups -OCH3 is 2. The van der Waals surface area contributed by atoms with Crippen molar-refractivity contribution in [2.45, 2.75) is 63.3 Å². The first-order chi connectivity index (χ1) is 27.0. The average Bonchev–Trinajstić information content (AvgIpc) is 3.71.